The van der Waals surface area contributed by atoms with Crippen molar-refractivity contribution < 1.29 is 13.2 Å². The van der Waals surface area contributed by atoms with E-state index in [9.17, 15) is 18.5 Å². The highest BCUT2D eigenvalue weighted by Gasteiger charge is 2.56. The van der Waals surface area contributed by atoms with E-state index in [2.05, 4.69) is 6.07 Å². The maximum absolute atomic E-state index is 13.1. The van der Waals surface area contributed by atoms with E-state index >= 15 is 0 Å². The number of carbonyl (C=O) groups is 1. The highest BCUT2D eigenvalue weighted by Crippen LogP contribution is 2.49. The van der Waals surface area contributed by atoms with Crippen molar-refractivity contribution in [1.29, 1.82) is 5.26 Å². The van der Waals surface area contributed by atoms with E-state index in [-0.39, 0.29) is 36.0 Å². The number of nitrogens with two attached hydrogens (primary N) is 1. The van der Waals surface area contributed by atoms with Crippen molar-refractivity contribution in [2.24, 2.45) is 17.6 Å². The van der Waals surface area contributed by atoms with Gasteiger partial charge in [0.15, 0.2) is 0 Å². The summed E-state index contributed by atoms with van der Waals surface area (Å²) in [6.07, 6.45) is 4.63. The molecule has 9 heteroatoms. The second-order valence-corrected chi connectivity index (χ2v) is 11.6. The minimum absolute atomic E-state index is 0.0306. The topological polar surface area (TPSA) is 108 Å². The maximum atomic E-state index is 13.1. The monoisotopic (exact) mass is 420 g/mol. The van der Waals surface area contributed by atoms with Crippen LogP contribution in [0, 0.1) is 23.2 Å². The second-order valence-electron chi connectivity index (χ2n) is 8.60. The summed E-state index contributed by atoms with van der Waals surface area (Å²) in [6.45, 7) is 0. The third kappa shape index (κ3) is 2.73. The van der Waals surface area contributed by atoms with Crippen molar-refractivity contribution in [3.8, 4) is 6.07 Å². The fourth-order valence-corrected chi connectivity index (χ4v) is 8.62. The number of sulfonamides is 1. The number of carbonyl (C=O) groups excluding carboxylic acids is 1. The molecule has 3 saturated heterocycles. The quantitative estimate of drug-likeness (QED) is 0.795. The van der Waals surface area contributed by atoms with Gasteiger partial charge in [-0.15, -0.1) is 11.3 Å². The first-order valence-corrected chi connectivity index (χ1v) is 12.3. The third-order valence-corrected chi connectivity index (χ3v) is 10.4. The number of amides is 1. The number of hydrogen-bond acceptors (Lipinski definition) is 6. The first-order valence-electron chi connectivity index (χ1n) is 9.96. The van der Waals surface area contributed by atoms with E-state index in [1.54, 1.807) is 26.7 Å². The lowest BCUT2D eigenvalue weighted by molar-refractivity contribution is -0.135. The van der Waals surface area contributed by atoms with Gasteiger partial charge in [-0.2, -0.15) is 9.57 Å². The first kappa shape index (κ1) is 18.6. The lowest BCUT2D eigenvalue weighted by Gasteiger charge is -2.40. The molecule has 4 heterocycles. The Labute approximate surface area is 169 Å². The van der Waals surface area contributed by atoms with Crippen LogP contribution in [0.2, 0.25) is 0 Å². The maximum Gasteiger partial charge on any atom is 0.253 e. The average Bonchev–Trinajstić information content (AvgIpc) is 3.06. The lowest BCUT2D eigenvalue weighted by atomic mass is 9.85. The second kappa shape index (κ2) is 6.52. The highest BCUT2D eigenvalue weighted by atomic mass is 32.2. The molecule has 1 aromatic heterocycles. The van der Waals surface area contributed by atoms with Gasteiger partial charge in [0, 0.05) is 18.1 Å². The number of hydrogen-bond donors (Lipinski definition) is 1. The van der Waals surface area contributed by atoms with Crippen molar-refractivity contribution >= 4 is 27.3 Å². The summed E-state index contributed by atoms with van der Waals surface area (Å²) in [5, 5.41) is 11.1. The molecule has 2 N–H and O–H groups in total. The molecular weight excluding hydrogens is 396 g/mol. The Morgan fingerprint density at radius 3 is 2.57 bits per heavy atom. The predicted molar refractivity (Wildman–Crippen MR) is 104 cm³/mol. The standard InChI is InChI=1S/C19H24N4O3S2/c20-10-15-6-11-9-16(11)22(15)19(24)18(21)12-7-13-3-4-14(8-12)23(13)28(25,26)17-2-1-5-27-17/h1-2,5,11-16,18H,3-4,6-9,21H2. The number of piperidine rings is 2. The molecule has 3 aliphatic heterocycles. The molecule has 0 aromatic carbocycles. The van der Waals surface area contributed by atoms with E-state index in [0.717, 1.165) is 25.7 Å². The average molecular weight is 421 g/mol. The van der Waals surface area contributed by atoms with Gasteiger partial charge in [-0.25, -0.2) is 8.42 Å². The summed E-state index contributed by atoms with van der Waals surface area (Å²) in [7, 11) is -3.48. The summed E-state index contributed by atoms with van der Waals surface area (Å²) in [6, 6.07) is 4.68. The van der Waals surface area contributed by atoms with Crippen LogP contribution >= 0.6 is 11.3 Å². The van der Waals surface area contributed by atoms with Crippen LogP contribution in [0.15, 0.2) is 21.7 Å². The van der Waals surface area contributed by atoms with Crippen LogP contribution in [-0.4, -0.2) is 53.7 Å². The van der Waals surface area contributed by atoms with Crippen molar-refractivity contribution in [3.05, 3.63) is 17.5 Å². The molecule has 1 aliphatic carbocycles. The SMILES string of the molecule is N#CC1CC2CC2N1C(=O)C(N)C1CC2CCC(C1)N2S(=O)(=O)c1cccs1. The van der Waals surface area contributed by atoms with Gasteiger partial charge in [0.05, 0.1) is 12.1 Å². The normalized spacial score (nSPS) is 38.1. The van der Waals surface area contributed by atoms with E-state index in [4.69, 9.17) is 5.73 Å². The van der Waals surface area contributed by atoms with E-state index < -0.39 is 16.1 Å². The largest absolute Gasteiger partial charge is 0.322 e. The molecule has 1 saturated carbocycles. The zero-order valence-electron chi connectivity index (χ0n) is 15.5. The fraction of sp³-hybridized carbons (Fsp3) is 0.684. The van der Waals surface area contributed by atoms with Crippen LogP contribution in [0.25, 0.3) is 0 Å². The zero-order chi connectivity index (χ0) is 19.6. The van der Waals surface area contributed by atoms with Crippen molar-refractivity contribution in [3.63, 3.8) is 0 Å². The van der Waals surface area contributed by atoms with Gasteiger partial charge in [0.1, 0.15) is 10.3 Å². The molecule has 28 heavy (non-hydrogen) atoms. The summed E-state index contributed by atoms with van der Waals surface area (Å²) < 4.78 is 28.2. The zero-order valence-corrected chi connectivity index (χ0v) is 17.1. The molecule has 2 bridgehead atoms. The van der Waals surface area contributed by atoms with Crippen molar-refractivity contribution in [1.82, 2.24) is 9.21 Å². The van der Waals surface area contributed by atoms with Gasteiger partial charge in [-0.05, 0) is 61.8 Å². The van der Waals surface area contributed by atoms with Gasteiger partial charge in [-0.3, -0.25) is 4.79 Å². The van der Waals surface area contributed by atoms with Crippen LogP contribution < -0.4 is 5.73 Å². The van der Waals surface area contributed by atoms with Gasteiger partial charge in [0.2, 0.25) is 5.91 Å². The molecule has 6 atom stereocenters. The summed E-state index contributed by atoms with van der Waals surface area (Å²) in [4.78, 5) is 14.8. The molecule has 4 aliphatic rings. The van der Waals surface area contributed by atoms with Gasteiger partial charge in [-0.1, -0.05) is 6.07 Å². The number of nitrogens with zero attached hydrogens (tertiary/aromatic N) is 3. The molecule has 0 radical (unpaired) electrons. The summed E-state index contributed by atoms with van der Waals surface area (Å²) in [5.74, 6) is 0.321. The minimum Gasteiger partial charge on any atom is -0.322 e. The van der Waals surface area contributed by atoms with Crippen LogP contribution in [0.4, 0.5) is 0 Å². The lowest BCUT2D eigenvalue weighted by Crippen LogP contribution is -2.55. The number of rotatable bonds is 4. The molecule has 5 rings (SSSR count). The Morgan fingerprint density at radius 2 is 1.96 bits per heavy atom. The van der Waals surface area contributed by atoms with E-state index in [0.29, 0.717) is 23.0 Å². The molecule has 1 amide bonds. The van der Waals surface area contributed by atoms with Crippen LogP contribution in [0.3, 0.4) is 0 Å². The Balaban J connectivity index is 1.32. The molecular formula is C19H24N4O3S2. The molecule has 0 spiro atoms. The molecule has 7 nitrogen and oxygen atoms in total. The highest BCUT2D eigenvalue weighted by molar-refractivity contribution is 7.91. The number of thiophene rings is 1. The van der Waals surface area contributed by atoms with Crippen LogP contribution in [0.5, 0.6) is 0 Å². The Morgan fingerprint density at radius 1 is 1.25 bits per heavy atom. The fourth-order valence-electron chi connectivity index (χ4n) is 5.64. The molecule has 1 aromatic rings. The Bertz CT molecular complexity index is 911. The third-order valence-electron chi connectivity index (χ3n) is 7.03. The van der Waals surface area contributed by atoms with Gasteiger partial charge < -0.3 is 10.6 Å². The summed E-state index contributed by atoms with van der Waals surface area (Å²) in [5.41, 5.74) is 6.40. The van der Waals surface area contributed by atoms with Gasteiger partial charge >= 0.3 is 0 Å². The smallest absolute Gasteiger partial charge is 0.253 e. The van der Waals surface area contributed by atoms with Crippen molar-refractivity contribution in [2.45, 2.75) is 72.9 Å². The Kier molecular flexibility index (Phi) is 4.32. The first-order chi connectivity index (χ1) is 13.4. The predicted octanol–water partition coefficient (Wildman–Crippen LogP) is 1.52. The van der Waals surface area contributed by atoms with Crippen LogP contribution in [-0.2, 0) is 14.8 Å². The molecule has 6 unspecified atom stereocenters. The molecule has 4 fully saturated rings. The summed E-state index contributed by atoms with van der Waals surface area (Å²) >= 11 is 1.25. The van der Waals surface area contributed by atoms with Gasteiger partial charge in [0.25, 0.3) is 10.0 Å². The van der Waals surface area contributed by atoms with E-state index in [1.807, 2.05) is 0 Å². The number of likely N-dealkylation sites (tertiary alicyclic amines) is 1. The van der Waals surface area contributed by atoms with Crippen LogP contribution in [0.1, 0.15) is 38.5 Å². The van der Waals surface area contributed by atoms with Crippen molar-refractivity contribution in [2.75, 3.05) is 0 Å². The number of fused-ring (bicyclic) bond motifs is 3. The minimum atomic E-state index is -3.48. The number of nitriles is 1. The molecule has 150 valence electrons. The van der Waals surface area contributed by atoms with E-state index in [1.165, 1.54) is 11.3 Å². The Hall–Kier alpha value is -1.47.